The molecular formula is C15H23NO2. The molecule has 0 saturated heterocycles. The molecule has 0 aliphatic heterocycles. The number of benzene rings is 1. The molecule has 0 unspecified atom stereocenters. The number of rotatable bonds is 3. The molecule has 1 aliphatic rings. The maximum Gasteiger partial charge on any atom is 0.162 e. The van der Waals surface area contributed by atoms with Gasteiger partial charge in [0.2, 0.25) is 0 Å². The lowest BCUT2D eigenvalue weighted by Crippen LogP contribution is -2.33. The second-order valence-corrected chi connectivity index (χ2v) is 5.64. The van der Waals surface area contributed by atoms with Gasteiger partial charge in [-0.1, -0.05) is 26.7 Å². The Kier molecular flexibility index (Phi) is 3.53. The van der Waals surface area contributed by atoms with Gasteiger partial charge in [0.05, 0.1) is 7.11 Å². The third-order valence-corrected chi connectivity index (χ3v) is 4.02. The average Bonchev–Trinajstić information content (AvgIpc) is 2.77. The van der Waals surface area contributed by atoms with Gasteiger partial charge in [0.1, 0.15) is 0 Å². The lowest BCUT2D eigenvalue weighted by molar-refractivity contribution is 0.354. The maximum atomic E-state index is 10.3. The Labute approximate surface area is 109 Å². The van der Waals surface area contributed by atoms with E-state index in [-0.39, 0.29) is 11.3 Å². The molecule has 1 aromatic rings. The molecule has 100 valence electrons. The molecule has 1 aliphatic carbocycles. The molecule has 18 heavy (non-hydrogen) atoms. The predicted octanol–water partition coefficient (Wildman–Crippen LogP) is 3.25. The molecule has 1 saturated carbocycles. The van der Waals surface area contributed by atoms with Gasteiger partial charge in [0.25, 0.3) is 0 Å². The summed E-state index contributed by atoms with van der Waals surface area (Å²) in [6, 6.07) is 3.95. The Bertz CT molecular complexity index is 434. The van der Waals surface area contributed by atoms with Gasteiger partial charge in [-0.05, 0) is 36.5 Å². The van der Waals surface area contributed by atoms with Crippen molar-refractivity contribution in [2.45, 2.75) is 51.0 Å². The van der Waals surface area contributed by atoms with Crippen LogP contribution in [0.5, 0.6) is 11.5 Å². The van der Waals surface area contributed by atoms with Crippen LogP contribution in [0.1, 0.15) is 56.6 Å². The van der Waals surface area contributed by atoms with Crippen molar-refractivity contribution in [1.82, 2.24) is 0 Å². The molecule has 0 radical (unpaired) electrons. The van der Waals surface area contributed by atoms with Gasteiger partial charge >= 0.3 is 0 Å². The number of nitrogens with two attached hydrogens (primary N) is 1. The van der Waals surface area contributed by atoms with Crippen molar-refractivity contribution in [3.63, 3.8) is 0 Å². The Hall–Kier alpha value is -1.22. The predicted molar refractivity (Wildman–Crippen MR) is 73.1 cm³/mol. The van der Waals surface area contributed by atoms with Crippen LogP contribution in [-0.4, -0.2) is 12.2 Å². The first-order valence-electron chi connectivity index (χ1n) is 6.68. The second-order valence-electron chi connectivity index (χ2n) is 5.64. The Morgan fingerprint density at radius 1 is 1.28 bits per heavy atom. The Morgan fingerprint density at radius 3 is 2.39 bits per heavy atom. The minimum absolute atomic E-state index is 0.214. The van der Waals surface area contributed by atoms with E-state index in [1.54, 1.807) is 7.11 Å². The number of phenolic OH excluding ortho intramolecular Hbond substituents is 1. The molecule has 3 heteroatoms. The fourth-order valence-corrected chi connectivity index (χ4v) is 2.77. The van der Waals surface area contributed by atoms with E-state index in [4.69, 9.17) is 10.5 Å². The van der Waals surface area contributed by atoms with Gasteiger partial charge in [0.15, 0.2) is 11.5 Å². The largest absolute Gasteiger partial charge is 0.504 e. The van der Waals surface area contributed by atoms with Crippen molar-refractivity contribution < 1.29 is 9.84 Å². The van der Waals surface area contributed by atoms with Crippen molar-refractivity contribution in [3.8, 4) is 11.5 Å². The highest BCUT2D eigenvalue weighted by atomic mass is 16.5. The van der Waals surface area contributed by atoms with Gasteiger partial charge in [-0.15, -0.1) is 0 Å². The van der Waals surface area contributed by atoms with E-state index >= 15 is 0 Å². The fraction of sp³-hybridized carbons (Fsp3) is 0.600. The van der Waals surface area contributed by atoms with Crippen LogP contribution < -0.4 is 10.5 Å². The van der Waals surface area contributed by atoms with Gasteiger partial charge in [0, 0.05) is 11.1 Å². The summed E-state index contributed by atoms with van der Waals surface area (Å²) in [5.74, 6) is 1.14. The number of ether oxygens (including phenoxy) is 1. The maximum absolute atomic E-state index is 10.3. The van der Waals surface area contributed by atoms with Crippen LogP contribution in [0.25, 0.3) is 0 Å². The van der Waals surface area contributed by atoms with Crippen molar-refractivity contribution in [2.75, 3.05) is 7.11 Å². The summed E-state index contributed by atoms with van der Waals surface area (Å²) in [7, 11) is 1.58. The summed E-state index contributed by atoms with van der Waals surface area (Å²) in [5.41, 5.74) is 8.08. The van der Waals surface area contributed by atoms with E-state index in [0.717, 1.165) is 36.8 Å². The summed E-state index contributed by atoms with van der Waals surface area (Å²) in [6.07, 6.45) is 4.13. The molecule has 3 nitrogen and oxygen atoms in total. The highest BCUT2D eigenvalue weighted by Crippen LogP contribution is 2.45. The topological polar surface area (TPSA) is 55.5 Å². The highest BCUT2D eigenvalue weighted by molar-refractivity contribution is 5.52. The number of hydrogen-bond donors (Lipinski definition) is 2. The number of methoxy groups -OCH3 is 1. The van der Waals surface area contributed by atoms with E-state index in [2.05, 4.69) is 13.8 Å². The number of phenols is 1. The SMILES string of the molecule is COc1cc(C(C)C)cc(C2(N)CCCC2)c1O. The fourth-order valence-electron chi connectivity index (χ4n) is 2.77. The van der Waals surface area contributed by atoms with Crippen molar-refractivity contribution in [1.29, 1.82) is 0 Å². The van der Waals surface area contributed by atoms with Gasteiger partial charge in [-0.3, -0.25) is 0 Å². The Morgan fingerprint density at radius 2 is 1.89 bits per heavy atom. The van der Waals surface area contributed by atoms with Gasteiger partial charge < -0.3 is 15.6 Å². The number of aromatic hydroxyl groups is 1. The monoisotopic (exact) mass is 249 g/mol. The third-order valence-electron chi connectivity index (χ3n) is 4.02. The standard InChI is InChI=1S/C15H23NO2/c1-10(2)11-8-12(14(17)13(9-11)18-3)15(16)6-4-5-7-15/h8-10,17H,4-7,16H2,1-3H3. The summed E-state index contributed by atoms with van der Waals surface area (Å²) in [4.78, 5) is 0. The molecule has 0 bridgehead atoms. The van der Waals surface area contributed by atoms with Gasteiger partial charge in [-0.2, -0.15) is 0 Å². The first-order valence-corrected chi connectivity index (χ1v) is 6.68. The normalized spacial score (nSPS) is 18.3. The zero-order chi connectivity index (χ0) is 13.3. The van der Waals surface area contributed by atoms with Crippen molar-refractivity contribution in [3.05, 3.63) is 23.3 Å². The van der Waals surface area contributed by atoms with E-state index in [9.17, 15) is 5.11 Å². The highest BCUT2D eigenvalue weighted by Gasteiger charge is 2.35. The van der Waals surface area contributed by atoms with E-state index in [1.165, 1.54) is 0 Å². The first kappa shape index (κ1) is 13.2. The van der Waals surface area contributed by atoms with Crippen LogP contribution in [0.4, 0.5) is 0 Å². The zero-order valence-corrected chi connectivity index (χ0v) is 11.5. The summed E-state index contributed by atoms with van der Waals surface area (Å²) >= 11 is 0. The van der Waals surface area contributed by atoms with Crippen LogP contribution in [0.3, 0.4) is 0 Å². The summed E-state index contributed by atoms with van der Waals surface area (Å²) in [5, 5.41) is 10.3. The molecule has 1 fully saturated rings. The lowest BCUT2D eigenvalue weighted by Gasteiger charge is -2.27. The molecule has 1 aromatic carbocycles. The second kappa shape index (κ2) is 4.81. The lowest BCUT2D eigenvalue weighted by atomic mass is 9.85. The van der Waals surface area contributed by atoms with Crippen LogP contribution in [0.2, 0.25) is 0 Å². The van der Waals surface area contributed by atoms with Crippen molar-refractivity contribution in [2.24, 2.45) is 5.73 Å². The van der Waals surface area contributed by atoms with Crippen LogP contribution in [0, 0.1) is 0 Å². The van der Waals surface area contributed by atoms with Crippen LogP contribution >= 0.6 is 0 Å². The molecule has 0 amide bonds. The van der Waals surface area contributed by atoms with Crippen molar-refractivity contribution >= 4 is 0 Å². The van der Waals surface area contributed by atoms with E-state index in [0.29, 0.717) is 11.7 Å². The van der Waals surface area contributed by atoms with Gasteiger partial charge in [-0.25, -0.2) is 0 Å². The summed E-state index contributed by atoms with van der Waals surface area (Å²) in [6.45, 7) is 4.26. The van der Waals surface area contributed by atoms with Crippen LogP contribution in [-0.2, 0) is 5.54 Å². The molecule has 0 atom stereocenters. The zero-order valence-electron chi connectivity index (χ0n) is 11.5. The molecular weight excluding hydrogens is 226 g/mol. The van der Waals surface area contributed by atoms with Crippen LogP contribution in [0.15, 0.2) is 12.1 Å². The molecule has 0 aromatic heterocycles. The quantitative estimate of drug-likeness (QED) is 0.864. The molecule has 2 rings (SSSR count). The smallest absolute Gasteiger partial charge is 0.162 e. The number of hydrogen-bond acceptors (Lipinski definition) is 3. The molecule has 0 spiro atoms. The average molecular weight is 249 g/mol. The van der Waals surface area contributed by atoms with E-state index < -0.39 is 0 Å². The molecule has 0 heterocycles. The minimum Gasteiger partial charge on any atom is -0.504 e. The third kappa shape index (κ3) is 2.19. The Balaban J connectivity index is 2.54. The first-order chi connectivity index (χ1) is 8.48. The molecule has 3 N–H and O–H groups in total. The summed E-state index contributed by atoms with van der Waals surface area (Å²) < 4.78 is 5.28. The minimum atomic E-state index is -0.387. The van der Waals surface area contributed by atoms with E-state index in [1.807, 2.05) is 12.1 Å².